The predicted octanol–water partition coefficient (Wildman–Crippen LogP) is 1.96. The van der Waals surface area contributed by atoms with Gasteiger partial charge in [-0.1, -0.05) is 31.2 Å². The van der Waals surface area contributed by atoms with Crippen LogP contribution in [0.15, 0.2) is 24.3 Å². The first-order valence-electron chi connectivity index (χ1n) is 9.18. The Balaban J connectivity index is 1.73. The third-order valence-corrected chi connectivity index (χ3v) is 4.73. The maximum Gasteiger partial charge on any atom is 0.317 e. The first-order chi connectivity index (χ1) is 12.5. The third kappa shape index (κ3) is 6.00. The molecule has 1 fully saturated rings. The Hall–Kier alpha value is -2.12. The van der Waals surface area contributed by atoms with Gasteiger partial charge in [0, 0.05) is 25.2 Å². The van der Waals surface area contributed by atoms with E-state index in [0.717, 1.165) is 24.0 Å². The summed E-state index contributed by atoms with van der Waals surface area (Å²) in [5.74, 6) is -0.813. The number of aliphatic carboxylic acids is 1. The first kappa shape index (κ1) is 20.2. The van der Waals surface area contributed by atoms with E-state index in [0.29, 0.717) is 26.3 Å². The lowest BCUT2D eigenvalue weighted by molar-refractivity contribution is -0.139. The van der Waals surface area contributed by atoms with Gasteiger partial charge in [0.2, 0.25) is 0 Å². The minimum Gasteiger partial charge on any atom is -0.480 e. The number of carboxylic acids is 1. The van der Waals surface area contributed by atoms with E-state index in [1.54, 1.807) is 0 Å². The summed E-state index contributed by atoms with van der Waals surface area (Å²) in [6, 6.07) is 8.03. The molecule has 0 radical (unpaired) electrons. The number of urea groups is 1. The Bertz CT molecular complexity index is 602. The fourth-order valence-corrected chi connectivity index (χ4v) is 3.17. The van der Waals surface area contributed by atoms with Gasteiger partial charge in [0.25, 0.3) is 0 Å². The molecule has 0 aliphatic heterocycles. The van der Waals surface area contributed by atoms with Gasteiger partial charge in [0.1, 0.15) is 0 Å². The summed E-state index contributed by atoms with van der Waals surface area (Å²) in [5.41, 5.74) is 2.12. The molecule has 2 rings (SSSR count). The van der Waals surface area contributed by atoms with Crippen molar-refractivity contribution in [3.8, 4) is 0 Å². The first-order valence-corrected chi connectivity index (χ1v) is 9.18. The minimum absolute atomic E-state index is 0.0523. The van der Waals surface area contributed by atoms with Crippen LogP contribution in [0.1, 0.15) is 37.8 Å². The summed E-state index contributed by atoms with van der Waals surface area (Å²) in [6.45, 7) is 6.30. The molecule has 0 saturated heterocycles. The Labute approximate surface area is 154 Å². The molecule has 0 atom stereocenters. The SMILES string of the molecule is CCOCc1ccccc1CNC(=O)NC1CC(N(CC)CC(=O)O)C1. The van der Waals surface area contributed by atoms with Crippen molar-refractivity contribution in [2.24, 2.45) is 0 Å². The van der Waals surface area contributed by atoms with Gasteiger partial charge in [-0.25, -0.2) is 4.79 Å². The van der Waals surface area contributed by atoms with Crippen molar-refractivity contribution in [1.82, 2.24) is 15.5 Å². The largest absolute Gasteiger partial charge is 0.480 e. The highest BCUT2D eigenvalue weighted by molar-refractivity contribution is 5.74. The molecular formula is C19H29N3O4. The quantitative estimate of drug-likeness (QED) is 0.591. The topological polar surface area (TPSA) is 90.9 Å². The van der Waals surface area contributed by atoms with Crippen LogP contribution in [0.25, 0.3) is 0 Å². The maximum absolute atomic E-state index is 12.1. The highest BCUT2D eigenvalue weighted by Gasteiger charge is 2.34. The lowest BCUT2D eigenvalue weighted by atomic mass is 9.85. The number of hydrogen-bond acceptors (Lipinski definition) is 4. The van der Waals surface area contributed by atoms with Crippen molar-refractivity contribution in [1.29, 1.82) is 0 Å². The lowest BCUT2D eigenvalue weighted by Crippen LogP contribution is -2.56. The normalized spacial score (nSPS) is 19.0. The average Bonchev–Trinajstić information content (AvgIpc) is 2.59. The number of hydrogen-bond donors (Lipinski definition) is 3. The van der Waals surface area contributed by atoms with Gasteiger partial charge in [-0.05, 0) is 37.4 Å². The third-order valence-electron chi connectivity index (χ3n) is 4.73. The van der Waals surface area contributed by atoms with Crippen LogP contribution in [-0.2, 0) is 22.7 Å². The molecule has 7 heteroatoms. The molecule has 0 unspecified atom stereocenters. The number of benzene rings is 1. The molecule has 1 saturated carbocycles. The molecule has 7 nitrogen and oxygen atoms in total. The van der Waals surface area contributed by atoms with Crippen LogP contribution in [0.2, 0.25) is 0 Å². The molecule has 0 spiro atoms. The summed E-state index contributed by atoms with van der Waals surface area (Å²) < 4.78 is 5.46. The molecule has 0 aromatic heterocycles. The second kappa shape index (κ2) is 10.1. The number of carbonyl (C=O) groups excluding carboxylic acids is 1. The zero-order valence-electron chi connectivity index (χ0n) is 15.5. The monoisotopic (exact) mass is 363 g/mol. The van der Waals surface area contributed by atoms with Gasteiger partial charge in [-0.15, -0.1) is 0 Å². The van der Waals surface area contributed by atoms with E-state index in [1.165, 1.54) is 0 Å². The zero-order valence-corrected chi connectivity index (χ0v) is 15.5. The van der Waals surface area contributed by atoms with E-state index < -0.39 is 5.97 Å². The van der Waals surface area contributed by atoms with Gasteiger partial charge in [-0.3, -0.25) is 9.69 Å². The van der Waals surface area contributed by atoms with E-state index in [-0.39, 0.29) is 24.7 Å². The molecule has 2 amide bonds. The van der Waals surface area contributed by atoms with Crippen molar-refractivity contribution < 1.29 is 19.4 Å². The van der Waals surface area contributed by atoms with E-state index in [4.69, 9.17) is 9.84 Å². The maximum atomic E-state index is 12.1. The second-order valence-corrected chi connectivity index (χ2v) is 6.51. The summed E-state index contributed by atoms with van der Waals surface area (Å²) in [4.78, 5) is 24.9. The van der Waals surface area contributed by atoms with Crippen LogP contribution in [-0.4, -0.2) is 53.8 Å². The van der Waals surface area contributed by atoms with Crippen molar-refractivity contribution in [2.75, 3.05) is 19.7 Å². The second-order valence-electron chi connectivity index (χ2n) is 6.51. The number of nitrogens with one attached hydrogen (secondary N) is 2. The van der Waals surface area contributed by atoms with Crippen LogP contribution >= 0.6 is 0 Å². The van der Waals surface area contributed by atoms with Crippen LogP contribution in [0.3, 0.4) is 0 Å². The van der Waals surface area contributed by atoms with Gasteiger partial charge in [-0.2, -0.15) is 0 Å². The number of amides is 2. The number of nitrogens with zero attached hydrogens (tertiary/aromatic N) is 1. The smallest absolute Gasteiger partial charge is 0.317 e. The molecule has 1 aromatic carbocycles. The van der Waals surface area contributed by atoms with Crippen molar-refractivity contribution in [3.63, 3.8) is 0 Å². The zero-order chi connectivity index (χ0) is 18.9. The van der Waals surface area contributed by atoms with Gasteiger partial charge < -0.3 is 20.5 Å². The summed E-state index contributed by atoms with van der Waals surface area (Å²) in [7, 11) is 0. The fourth-order valence-electron chi connectivity index (χ4n) is 3.17. The van der Waals surface area contributed by atoms with E-state index in [2.05, 4.69) is 10.6 Å². The average molecular weight is 363 g/mol. The molecule has 1 aliphatic rings. The van der Waals surface area contributed by atoms with Gasteiger partial charge in [0.15, 0.2) is 0 Å². The molecule has 0 bridgehead atoms. The molecular weight excluding hydrogens is 334 g/mol. The Morgan fingerprint density at radius 2 is 1.92 bits per heavy atom. The molecule has 26 heavy (non-hydrogen) atoms. The van der Waals surface area contributed by atoms with Gasteiger partial charge >= 0.3 is 12.0 Å². The van der Waals surface area contributed by atoms with Crippen LogP contribution in [0, 0.1) is 0 Å². The van der Waals surface area contributed by atoms with E-state index in [1.807, 2.05) is 43.0 Å². The summed E-state index contributed by atoms with van der Waals surface area (Å²) in [6.07, 6.45) is 1.57. The molecule has 0 heterocycles. The van der Waals surface area contributed by atoms with Crippen LogP contribution in [0.4, 0.5) is 4.79 Å². The minimum atomic E-state index is -0.813. The Morgan fingerprint density at radius 3 is 2.54 bits per heavy atom. The Morgan fingerprint density at radius 1 is 1.23 bits per heavy atom. The summed E-state index contributed by atoms with van der Waals surface area (Å²) >= 11 is 0. The van der Waals surface area contributed by atoms with E-state index in [9.17, 15) is 9.59 Å². The highest BCUT2D eigenvalue weighted by atomic mass is 16.5. The van der Waals surface area contributed by atoms with Gasteiger partial charge in [0.05, 0.1) is 13.2 Å². The Kier molecular flexibility index (Phi) is 7.87. The number of likely N-dealkylation sites (N-methyl/N-ethyl adjacent to an activating group) is 1. The van der Waals surface area contributed by atoms with Crippen molar-refractivity contribution in [2.45, 2.75) is 51.9 Å². The van der Waals surface area contributed by atoms with Crippen LogP contribution < -0.4 is 10.6 Å². The molecule has 3 N–H and O–H groups in total. The molecule has 144 valence electrons. The lowest BCUT2D eigenvalue weighted by Gasteiger charge is -2.42. The predicted molar refractivity (Wildman–Crippen MR) is 98.8 cm³/mol. The number of rotatable bonds is 10. The summed E-state index contributed by atoms with van der Waals surface area (Å²) in [5, 5.41) is 14.8. The standard InChI is InChI=1S/C19H29N3O4/c1-3-22(12-18(23)24)17-9-16(10-17)21-19(25)20-11-14-7-5-6-8-15(14)13-26-4-2/h5-8,16-17H,3-4,9-13H2,1-2H3,(H,23,24)(H2,20,21,25). The number of carboxylic acid groups (broad SMARTS) is 1. The van der Waals surface area contributed by atoms with Crippen molar-refractivity contribution in [3.05, 3.63) is 35.4 Å². The molecule has 1 aromatic rings. The molecule has 1 aliphatic carbocycles. The van der Waals surface area contributed by atoms with Crippen molar-refractivity contribution >= 4 is 12.0 Å². The number of ether oxygens (including phenoxy) is 1. The van der Waals surface area contributed by atoms with E-state index >= 15 is 0 Å². The van der Waals surface area contributed by atoms with Crippen LogP contribution in [0.5, 0.6) is 0 Å². The highest BCUT2D eigenvalue weighted by Crippen LogP contribution is 2.25. The fraction of sp³-hybridized carbons (Fsp3) is 0.579. The number of carbonyl (C=O) groups is 2.